The molecule has 25 heavy (non-hydrogen) atoms. The summed E-state index contributed by atoms with van der Waals surface area (Å²) in [7, 11) is 0. The van der Waals surface area contributed by atoms with Crippen molar-refractivity contribution in [1.82, 2.24) is 0 Å². The summed E-state index contributed by atoms with van der Waals surface area (Å²) in [6, 6.07) is 8.47. The lowest BCUT2D eigenvalue weighted by Crippen LogP contribution is -2.45. The van der Waals surface area contributed by atoms with Gasteiger partial charge in [0, 0.05) is 5.54 Å². The Balaban J connectivity index is 0.00000576. The van der Waals surface area contributed by atoms with Gasteiger partial charge in [0.1, 0.15) is 12.4 Å². The fraction of sp³-hybridized carbons (Fsp3) is 0.714. The standard InChI is InChI=1S/C21H37NO2.ClH/c1-9-19(3,4)20(5,6)17-10-12-18(13-11-17)24-15-14-23-16(2)21(7,8)22;/h10-13,16H,9,14-15,22H2,1-8H3;1H. The van der Waals surface area contributed by atoms with Crippen molar-refractivity contribution in [2.45, 2.75) is 78.9 Å². The molecule has 0 saturated carbocycles. The average molecular weight is 372 g/mol. The van der Waals surface area contributed by atoms with Crippen LogP contribution in [0.3, 0.4) is 0 Å². The van der Waals surface area contributed by atoms with Crippen LogP contribution in [-0.2, 0) is 10.2 Å². The van der Waals surface area contributed by atoms with Crippen LogP contribution in [0, 0.1) is 5.41 Å². The Morgan fingerprint density at radius 2 is 1.48 bits per heavy atom. The summed E-state index contributed by atoms with van der Waals surface area (Å²) in [5.74, 6) is 0.882. The SMILES string of the molecule is CCC(C)(C)C(C)(C)c1ccc(OCCOC(C)C(C)(C)N)cc1.Cl. The minimum absolute atomic E-state index is 0. The zero-order chi connectivity index (χ0) is 18.6. The average Bonchev–Trinajstić information content (AvgIpc) is 2.50. The number of hydrogen-bond donors (Lipinski definition) is 1. The fourth-order valence-corrected chi connectivity index (χ4v) is 2.40. The van der Waals surface area contributed by atoms with Gasteiger partial charge in [-0.05, 0) is 49.3 Å². The van der Waals surface area contributed by atoms with Gasteiger partial charge in [0.25, 0.3) is 0 Å². The molecule has 146 valence electrons. The molecule has 2 N–H and O–H groups in total. The zero-order valence-corrected chi connectivity index (χ0v) is 18.1. The Hall–Kier alpha value is -0.770. The minimum atomic E-state index is -0.334. The van der Waals surface area contributed by atoms with E-state index in [4.69, 9.17) is 15.2 Å². The number of hydrogen-bond acceptors (Lipinski definition) is 3. The number of benzene rings is 1. The highest BCUT2D eigenvalue weighted by Gasteiger charge is 2.36. The molecule has 0 heterocycles. The van der Waals surface area contributed by atoms with Crippen LogP contribution in [0.4, 0.5) is 0 Å². The molecule has 0 radical (unpaired) electrons. The molecule has 0 spiro atoms. The van der Waals surface area contributed by atoms with E-state index in [1.54, 1.807) is 0 Å². The predicted octanol–water partition coefficient (Wildman–Crippen LogP) is 5.34. The first-order chi connectivity index (χ1) is 10.9. The molecule has 0 bridgehead atoms. The van der Waals surface area contributed by atoms with Crippen LogP contribution in [-0.4, -0.2) is 24.9 Å². The maximum Gasteiger partial charge on any atom is 0.119 e. The molecule has 0 fully saturated rings. The molecular weight excluding hydrogens is 334 g/mol. The monoisotopic (exact) mass is 371 g/mol. The topological polar surface area (TPSA) is 44.5 Å². The molecular formula is C21H38ClNO2. The highest BCUT2D eigenvalue weighted by Crippen LogP contribution is 2.43. The molecule has 1 aromatic carbocycles. The van der Waals surface area contributed by atoms with Gasteiger partial charge in [-0.3, -0.25) is 0 Å². The van der Waals surface area contributed by atoms with Crippen LogP contribution in [0.25, 0.3) is 0 Å². The largest absolute Gasteiger partial charge is 0.491 e. The smallest absolute Gasteiger partial charge is 0.119 e. The quantitative estimate of drug-likeness (QED) is 0.595. The van der Waals surface area contributed by atoms with E-state index in [1.807, 2.05) is 20.8 Å². The summed E-state index contributed by atoms with van der Waals surface area (Å²) in [5.41, 5.74) is 7.38. The molecule has 1 unspecified atom stereocenters. The van der Waals surface area contributed by atoms with E-state index in [1.165, 1.54) is 5.56 Å². The van der Waals surface area contributed by atoms with E-state index in [2.05, 4.69) is 58.9 Å². The van der Waals surface area contributed by atoms with Crippen molar-refractivity contribution >= 4 is 12.4 Å². The third kappa shape index (κ3) is 6.47. The van der Waals surface area contributed by atoms with Gasteiger partial charge >= 0.3 is 0 Å². The van der Waals surface area contributed by atoms with Crippen molar-refractivity contribution in [2.24, 2.45) is 11.1 Å². The minimum Gasteiger partial charge on any atom is -0.491 e. The van der Waals surface area contributed by atoms with E-state index in [-0.39, 0.29) is 34.9 Å². The van der Waals surface area contributed by atoms with E-state index in [0.717, 1.165) is 12.2 Å². The molecule has 4 heteroatoms. The van der Waals surface area contributed by atoms with Crippen molar-refractivity contribution in [1.29, 1.82) is 0 Å². The Labute approximate surface area is 161 Å². The van der Waals surface area contributed by atoms with E-state index in [9.17, 15) is 0 Å². The number of halogens is 1. The van der Waals surface area contributed by atoms with Gasteiger partial charge in [-0.15, -0.1) is 12.4 Å². The normalized spacial score (nSPS) is 14.0. The summed E-state index contributed by atoms with van der Waals surface area (Å²) >= 11 is 0. The molecule has 3 nitrogen and oxygen atoms in total. The van der Waals surface area contributed by atoms with Crippen LogP contribution in [0.5, 0.6) is 5.75 Å². The third-order valence-electron chi connectivity index (χ3n) is 5.92. The first-order valence-corrected chi connectivity index (χ1v) is 9.05. The third-order valence-corrected chi connectivity index (χ3v) is 5.92. The van der Waals surface area contributed by atoms with Crippen LogP contribution < -0.4 is 10.5 Å². The van der Waals surface area contributed by atoms with Crippen molar-refractivity contribution in [3.8, 4) is 5.75 Å². The van der Waals surface area contributed by atoms with Gasteiger partial charge in [0.2, 0.25) is 0 Å². The summed E-state index contributed by atoms with van der Waals surface area (Å²) in [5, 5.41) is 0. The second-order valence-corrected chi connectivity index (χ2v) is 8.57. The highest BCUT2D eigenvalue weighted by atomic mass is 35.5. The van der Waals surface area contributed by atoms with Crippen molar-refractivity contribution in [3.63, 3.8) is 0 Å². The molecule has 0 aromatic heterocycles. The molecule has 0 aliphatic heterocycles. The van der Waals surface area contributed by atoms with Gasteiger partial charge in [-0.1, -0.05) is 53.2 Å². The lowest BCUT2D eigenvalue weighted by atomic mass is 9.63. The van der Waals surface area contributed by atoms with Gasteiger partial charge in [-0.2, -0.15) is 0 Å². The van der Waals surface area contributed by atoms with Crippen LogP contribution in [0.1, 0.15) is 67.4 Å². The van der Waals surface area contributed by atoms with Gasteiger partial charge < -0.3 is 15.2 Å². The molecule has 0 aliphatic carbocycles. The second-order valence-electron chi connectivity index (χ2n) is 8.57. The number of ether oxygens (including phenoxy) is 2. The molecule has 0 amide bonds. The van der Waals surface area contributed by atoms with E-state index in [0.29, 0.717) is 13.2 Å². The Morgan fingerprint density at radius 1 is 0.960 bits per heavy atom. The molecule has 1 atom stereocenters. The highest BCUT2D eigenvalue weighted by molar-refractivity contribution is 5.85. The van der Waals surface area contributed by atoms with Crippen LogP contribution >= 0.6 is 12.4 Å². The van der Waals surface area contributed by atoms with Crippen LogP contribution in [0.15, 0.2) is 24.3 Å². The van der Waals surface area contributed by atoms with Crippen molar-refractivity contribution < 1.29 is 9.47 Å². The van der Waals surface area contributed by atoms with Gasteiger partial charge in [-0.25, -0.2) is 0 Å². The summed E-state index contributed by atoms with van der Waals surface area (Å²) in [6.07, 6.45) is 1.14. The molecule has 1 rings (SSSR count). The lowest BCUT2D eigenvalue weighted by molar-refractivity contribution is 0.00813. The fourth-order valence-electron chi connectivity index (χ4n) is 2.40. The summed E-state index contributed by atoms with van der Waals surface area (Å²) in [6.45, 7) is 18.5. The number of nitrogens with two attached hydrogens (primary N) is 1. The van der Waals surface area contributed by atoms with Gasteiger partial charge in [0.05, 0.1) is 12.7 Å². The van der Waals surface area contributed by atoms with Crippen LogP contribution in [0.2, 0.25) is 0 Å². The first-order valence-electron chi connectivity index (χ1n) is 9.05. The maximum atomic E-state index is 6.01. The molecule has 0 aliphatic rings. The Bertz CT molecular complexity index is 504. The van der Waals surface area contributed by atoms with Crippen molar-refractivity contribution in [3.05, 3.63) is 29.8 Å². The Morgan fingerprint density at radius 3 is 1.92 bits per heavy atom. The lowest BCUT2D eigenvalue weighted by Gasteiger charge is -2.42. The van der Waals surface area contributed by atoms with E-state index >= 15 is 0 Å². The first kappa shape index (κ1) is 24.2. The summed E-state index contributed by atoms with van der Waals surface area (Å²) in [4.78, 5) is 0. The Kier molecular flexibility index (Phi) is 8.96. The number of rotatable bonds is 9. The van der Waals surface area contributed by atoms with Gasteiger partial charge in [0.15, 0.2) is 0 Å². The molecule has 0 saturated heterocycles. The second kappa shape index (κ2) is 9.25. The van der Waals surface area contributed by atoms with Crippen molar-refractivity contribution in [2.75, 3.05) is 13.2 Å². The maximum absolute atomic E-state index is 6.01. The summed E-state index contributed by atoms with van der Waals surface area (Å²) < 4.78 is 11.5. The molecule has 1 aromatic rings. The zero-order valence-electron chi connectivity index (χ0n) is 17.3. The van der Waals surface area contributed by atoms with E-state index < -0.39 is 0 Å². The predicted molar refractivity (Wildman–Crippen MR) is 110 cm³/mol.